The highest BCUT2D eigenvalue weighted by Crippen LogP contribution is 2.32. The van der Waals surface area contributed by atoms with Gasteiger partial charge >= 0.3 is 0 Å². The second-order valence-electron chi connectivity index (χ2n) is 7.13. The van der Waals surface area contributed by atoms with Crippen LogP contribution in [-0.4, -0.2) is 84.2 Å². The van der Waals surface area contributed by atoms with E-state index >= 15 is 0 Å². The molecule has 0 radical (unpaired) electrons. The molecule has 0 amide bonds. The van der Waals surface area contributed by atoms with Crippen molar-refractivity contribution in [2.45, 2.75) is 56.9 Å². The first kappa shape index (κ1) is 12.6. The van der Waals surface area contributed by atoms with E-state index in [4.69, 9.17) is 0 Å². The molecule has 4 bridgehead atoms. The summed E-state index contributed by atoms with van der Waals surface area (Å²) >= 11 is 0. The lowest BCUT2D eigenvalue weighted by molar-refractivity contribution is -0.0713. The number of piperazine rings is 2. The molecule has 4 nitrogen and oxygen atoms in total. The van der Waals surface area contributed by atoms with Crippen molar-refractivity contribution in [1.29, 1.82) is 0 Å². The van der Waals surface area contributed by atoms with Crippen LogP contribution in [0.15, 0.2) is 0 Å². The summed E-state index contributed by atoms with van der Waals surface area (Å²) < 4.78 is 0. The lowest BCUT2D eigenvalue weighted by Gasteiger charge is -2.57. The van der Waals surface area contributed by atoms with Gasteiger partial charge in [0.1, 0.15) is 0 Å². The average molecular weight is 264 g/mol. The first-order valence-electron chi connectivity index (χ1n) is 8.21. The van der Waals surface area contributed by atoms with Crippen molar-refractivity contribution in [1.82, 2.24) is 20.0 Å². The molecule has 4 heteroatoms. The van der Waals surface area contributed by atoms with Crippen LogP contribution >= 0.6 is 0 Å². The summed E-state index contributed by atoms with van der Waals surface area (Å²) in [6.45, 7) is 12.4. The van der Waals surface area contributed by atoms with E-state index in [1.165, 1.54) is 52.1 Å². The van der Waals surface area contributed by atoms with E-state index in [1.807, 2.05) is 0 Å². The van der Waals surface area contributed by atoms with Gasteiger partial charge in [-0.05, 0) is 26.3 Å². The van der Waals surface area contributed by atoms with Crippen LogP contribution in [0.2, 0.25) is 0 Å². The Labute approximate surface area is 117 Å². The molecular weight excluding hydrogens is 236 g/mol. The van der Waals surface area contributed by atoms with Crippen LogP contribution in [0.5, 0.6) is 0 Å². The quantitative estimate of drug-likeness (QED) is 0.783. The molecule has 5 unspecified atom stereocenters. The Hall–Kier alpha value is -0.160. The third-order valence-corrected chi connectivity index (χ3v) is 5.97. The number of rotatable bonds is 4. The topological polar surface area (TPSA) is 21.8 Å². The monoisotopic (exact) mass is 264 g/mol. The van der Waals surface area contributed by atoms with Crippen molar-refractivity contribution in [2.24, 2.45) is 0 Å². The van der Waals surface area contributed by atoms with E-state index in [9.17, 15) is 0 Å². The Morgan fingerprint density at radius 3 is 2.47 bits per heavy atom. The zero-order chi connectivity index (χ0) is 13.0. The fourth-order valence-electron chi connectivity index (χ4n) is 5.05. The maximum Gasteiger partial charge on any atom is 0.0241 e. The van der Waals surface area contributed by atoms with Crippen molar-refractivity contribution in [3.05, 3.63) is 0 Å². The molecule has 0 spiro atoms. The lowest BCUT2D eigenvalue weighted by Crippen LogP contribution is -2.69. The van der Waals surface area contributed by atoms with Crippen molar-refractivity contribution in [3.63, 3.8) is 0 Å². The zero-order valence-corrected chi connectivity index (χ0v) is 12.4. The van der Waals surface area contributed by atoms with Gasteiger partial charge in [0.25, 0.3) is 0 Å². The van der Waals surface area contributed by atoms with Crippen LogP contribution in [0.3, 0.4) is 0 Å². The molecule has 5 fully saturated rings. The second-order valence-corrected chi connectivity index (χ2v) is 7.13. The van der Waals surface area contributed by atoms with E-state index in [1.54, 1.807) is 0 Å². The molecule has 0 aromatic carbocycles. The molecule has 108 valence electrons. The summed E-state index contributed by atoms with van der Waals surface area (Å²) in [7, 11) is 0. The molecule has 5 saturated heterocycles. The summed E-state index contributed by atoms with van der Waals surface area (Å²) in [5, 5.41) is 3.61. The summed E-state index contributed by atoms with van der Waals surface area (Å²) in [6.07, 6.45) is 2.84. The van der Waals surface area contributed by atoms with Gasteiger partial charge in [-0.2, -0.15) is 0 Å². The largest absolute Gasteiger partial charge is 0.311 e. The minimum Gasteiger partial charge on any atom is -0.311 e. The Bertz CT molecular complexity index is 335. The first-order valence-corrected chi connectivity index (χ1v) is 8.21. The van der Waals surface area contributed by atoms with Gasteiger partial charge in [-0.1, -0.05) is 6.92 Å². The molecule has 0 aromatic rings. The predicted octanol–water partition coefficient (Wildman–Crippen LogP) is 0.199. The third-order valence-electron chi connectivity index (χ3n) is 5.97. The number of likely N-dealkylation sites (tertiary alicyclic amines) is 1. The van der Waals surface area contributed by atoms with Crippen molar-refractivity contribution in [2.75, 3.05) is 39.3 Å². The van der Waals surface area contributed by atoms with Crippen molar-refractivity contribution in [3.8, 4) is 0 Å². The smallest absolute Gasteiger partial charge is 0.0241 e. The molecule has 5 aliphatic heterocycles. The molecule has 0 saturated carbocycles. The van der Waals surface area contributed by atoms with Gasteiger partial charge in [-0.3, -0.25) is 14.7 Å². The van der Waals surface area contributed by atoms with Crippen molar-refractivity contribution < 1.29 is 0 Å². The molecule has 5 heterocycles. The molecule has 5 atom stereocenters. The molecule has 0 aromatic heterocycles. The van der Waals surface area contributed by atoms with E-state index in [0.29, 0.717) is 0 Å². The number of hydrogen-bond acceptors (Lipinski definition) is 4. The minimum atomic E-state index is 0.740. The molecular formula is C15H28N4. The Morgan fingerprint density at radius 2 is 1.89 bits per heavy atom. The van der Waals surface area contributed by atoms with Gasteiger partial charge in [-0.25, -0.2) is 0 Å². The summed E-state index contributed by atoms with van der Waals surface area (Å²) in [5.41, 5.74) is 0. The molecule has 5 aliphatic rings. The van der Waals surface area contributed by atoms with Crippen LogP contribution in [0.4, 0.5) is 0 Å². The molecule has 5 rings (SSSR count). The van der Waals surface area contributed by atoms with E-state index in [2.05, 4.69) is 33.9 Å². The van der Waals surface area contributed by atoms with Crippen LogP contribution in [-0.2, 0) is 0 Å². The zero-order valence-electron chi connectivity index (χ0n) is 12.4. The predicted molar refractivity (Wildman–Crippen MR) is 77.4 cm³/mol. The molecule has 19 heavy (non-hydrogen) atoms. The fraction of sp³-hybridized carbons (Fsp3) is 1.00. The number of nitrogens with one attached hydrogen (secondary N) is 1. The van der Waals surface area contributed by atoms with E-state index in [-0.39, 0.29) is 0 Å². The highest BCUT2D eigenvalue weighted by Gasteiger charge is 2.45. The van der Waals surface area contributed by atoms with Crippen LogP contribution < -0.4 is 5.32 Å². The van der Waals surface area contributed by atoms with Crippen LogP contribution in [0.25, 0.3) is 0 Å². The molecule has 1 N–H and O–H groups in total. The number of nitrogens with zero attached hydrogens (tertiary/aromatic N) is 3. The van der Waals surface area contributed by atoms with E-state index in [0.717, 1.165) is 30.2 Å². The number of likely N-dealkylation sites (N-methyl/N-ethyl adjacent to an activating group) is 1. The van der Waals surface area contributed by atoms with Gasteiger partial charge in [0.05, 0.1) is 0 Å². The van der Waals surface area contributed by atoms with Gasteiger partial charge in [-0.15, -0.1) is 0 Å². The maximum absolute atomic E-state index is 3.61. The Kier molecular flexibility index (Phi) is 3.10. The normalized spacial score (nSPS) is 44.5. The summed E-state index contributed by atoms with van der Waals surface area (Å²) in [6, 6.07) is 4.09. The number of fused-ring (bicyclic) bond motifs is 4. The van der Waals surface area contributed by atoms with Crippen LogP contribution in [0, 0.1) is 0 Å². The second kappa shape index (κ2) is 4.69. The minimum absolute atomic E-state index is 0.740. The maximum atomic E-state index is 3.61. The standard InChI is InChI=1S/C15H28N4/c1-3-18-14-5-15(18)10-17(9-14)7-11(2)19-8-12-4-13(19)6-16-12/h11-16H,3-10H2,1-2H3. The number of piperidine rings is 1. The van der Waals surface area contributed by atoms with Gasteiger partial charge < -0.3 is 5.32 Å². The lowest BCUT2D eigenvalue weighted by atomic mass is 9.87. The summed E-state index contributed by atoms with van der Waals surface area (Å²) in [5.74, 6) is 0. The van der Waals surface area contributed by atoms with Gasteiger partial charge in [0, 0.05) is 62.9 Å². The SMILES string of the molecule is CCN1C2CC1CN(CC(C)N1CC3CC1CN3)C2. The fourth-order valence-corrected chi connectivity index (χ4v) is 5.05. The average Bonchev–Trinajstić information content (AvgIpc) is 3.01. The summed E-state index contributed by atoms with van der Waals surface area (Å²) in [4.78, 5) is 8.19. The van der Waals surface area contributed by atoms with Gasteiger partial charge in [0.2, 0.25) is 0 Å². The Morgan fingerprint density at radius 1 is 1.11 bits per heavy atom. The number of hydrogen-bond donors (Lipinski definition) is 1. The van der Waals surface area contributed by atoms with Gasteiger partial charge in [0.15, 0.2) is 0 Å². The first-order chi connectivity index (χ1) is 9.24. The molecule has 0 aliphatic carbocycles. The highest BCUT2D eigenvalue weighted by atomic mass is 15.4. The Balaban J connectivity index is 1.31. The highest BCUT2D eigenvalue weighted by molar-refractivity contribution is 5.02. The third kappa shape index (κ3) is 2.04. The van der Waals surface area contributed by atoms with E-state index < -0.39 is 0 Å². The van der Waals surface area contributed by atoms with Crippen LogP contribution in [0.1, 0.15) is 26.7 Å². The van der Waals surface area contributed by atoms with Crippen molar-refractivity contribution >= 4 is 0 Å².